The normalized spacial score (nSPS) is 12.2. The number of nitrogens with zero attached hydrogens (tertiary/aromatic N) is 1. The molecule has 0 fully saturated rings. The van der Waals surface area contributed by atoms with Crippen LogP contribution in [-0.2, 0) is 0 Å². The van der Waals surface area contributed by atoms with E-state index in [-0.39, 0.29) is 5.54 Å². The highest BCUT2D eigenvalue weighted by Crippen LogP contribution is 2.23. The largest absolute Gasteiger partial charge is 0.301 e. The summed E-state index contributed by atoms with van der Waals surface area (Å²) in [6, 6.07) is 0. The van der Waals surface area contributed by atoms with Crippen molar-refractivity contribution in [1.29, 1.82) is 0 Å². The minimum Gasteiger partial charge on any atom is -0.301 e. The number of hydrogen-bond donors (Lipinski definition) is 0. The summed E-state index contributed by atoms with van der Waals surface area (Å²) in [4.78, 5) is 2.21. The molecule has 0 saturated heterocycles. The molecule has 0 saturated carbocycles. The Morgan fingerprint density at radius 3 is 2.09 bits per heavy atom. The minimum absolute atomic E-state index is 0.149. The van der Waals surface area contributed by atoms with Gasteiger partial charge in [-0.05, 0) is 34.4 Å². The SMILES string of the molecule is C=C(CCC)C(C)(C)N(C)C. The summed E-state index contributed by atoms with van der Waals surface area (Å²) in [7, 11) is 4.20. The van der Waals surface area contributed by atoms with Crippen molar-refractivity contribution in [2.75, 3.05) is 14.1 Å². The second-order valence-corrected chi connectivity index (χ2v) is 3.81. The highest BCUT2D eigenvalue weighted by atomic mass is 15.1. The van der Waals surface area contributed by atoms with Gasteiger partial charge in [-0.15, -0.1) is 0 Å². The molecule has 0 N–H and O–H groups in total. The van der Waals surface area contributed by atoms with Gasteiger partial charge in [0.15, 0.2) is 0 Å². The van der Waals surface area contributed by atoms with Crippen molar-refractivity contribution in [3.05, 3.63) is 12.2 Å². The molecule has 66 valence electrons. The number of hydrogen-bond acceptors (Lipinski definition) is 1. The molecule has 0 amide bonds. The molecule has 0 aliphatic heterocycles. The van der Waals surface area contributed by atoms with Gasteiger partial charge in [0.05, 0.1) is 0 Å². The van der Waals surface area contributed by atoms with E-state index in [9.17, 15) is 0 Å². The molecular formula is C10H21N. The van der Waals surface area contributed by atoms with Gasteiger partial charge in [-0.25, -0.2) is 0 Å². The Hall–Kier alpha value is -0.300. The lowest BCUT2D eigenvalue weighted by molar-refractivity contribution is 0.232. The molecule has 0 bridgehead atoms. The van der Waals surface area contributed by atoms with Gasteiger partial charge in [0.2, 0.25) is 0 Å². The Balaban J connectivity index is 4.18. The van der Waals surface area contributed by atoms with E-state index in [1.807, 2.05) is 0 Å². The van der Waals surface area contributed by atoms with E-state index in [0.29, 0.717) is 0 Å². The van der Waals surface area contributed by atoms with Gasteiger partial charge in [-0.1, -0.05) is 25.5 Å². The van der Waals surface area contributed by atoms with Crippen LogP contribution in [0.4, 0.5) is 0 Å². The molecule has 1 heteroatoms. The first-order valence-electron chi connectivity index (χ1n) is 4.28. The molecule has 11 heavy (non-hydrogen) atoms. The monoisotopic (exact) mass is 155 g/mol. The third-order valence-corrected chi connectivity index (χ3v) is 2.54. The summed E-state index contributed by atoms with van der Waals surface area (Å²) in [5, 5.41) is 0. The Labute approximate surface area is 71.1 Å². The van der Waals surface area contributed by atoms with Crippen LogP contribution in [0.15, 0.2) is 12.2 Å². The third-order valence-electron chi connectivity index (χ3n) is 2.54. The topological polar surface area (TPSA) is 3.24 Å². The maximum atomic E-state index is 4.10. The molecule has 0 aromatic carbocycles. The second-order valence-electron chi connectivity index (χ2n) is 3.81. The highest BCUT2D eigenvalue weighted by Gasteiger charge is 2.22. The van der Waals surface area contributed by atoms with Crippen LogP contribution in [-0.4, -0.2) is 24.5 Å². The molecule has 0 heterocycles. The summed E-state index contributed by atoms with van der Waals surface area (Å²) in [6.45, 7) is 10.7. The predicted molar refractivity (Wildman–Crippen MR) is 51.8 cm³/mol. The quantitative estimate of drug-likeness (QED) is 0.564. The maximum absolute atomic E-state index is 4.10. The molecule has 0 aromatic rings. The summed E-state index contributed by atoms with van der Waals surface area (Å²) in [5.41, 5.74) is 1.47. The first-order chi connectivity index (χ1) is 4.92. The fraction of sp³-hybridized carbons (Fsp3) is 0.800. The molecule has 0 atom stereocenters. The van der Waals surface area contributed by atoms with Crippen molar-refractivity contribution < 1.29 is 0 Å². The fourth-order valence-electron chi connectivity index (χ4n) is 0.924. The van der Waals surface area contributed by atoms with Crippen LogP contribution in [0.5, 0.6) is 0 Å². The van der Waals surface area contributed by atoms with E-state index in [4.69, 9.17) is 0 Å². The Morgan fingerprint density at radius 1 is 1.36 bits per heavy atom. The summed E-state index contributed by atoms with van der Waals surface area (Å²) < 4.78 is 0. The van der Waals surface area contributed by atoms with Gasteiger partial charge in [-0.2, -0.15) is 0 Å². The zero-order valence-corrected chi connectivity index (χ0v) is 8.57. The molecule has 1 nitrogen and oxygen atoms in total. The van der Waals surface area contributed by atoms with Crippen LogP contribution < -0.4 is 0 Å². The second kappa shape index (κ2) is 3.91. The zero-order chi connectivity index (χ0) is 9.07. The van der Waals surface area contributed by atoms with Gasteiger partial charge in [0.25, 0.3) is 0 Å². The lowest BCUT2D eigenvalue weighted by Crippen LogP contribution is -2.39. The van der Waals surface area contributed by atoms with Crippen LogP contribution in [0.2, 0.25) is 0 Å². The molecule has 0 aliphatic carbocycles. The zero-order valence-electron chi connectivity index (χ0n) is 8.57. The number of rotatable bonds is 4. The first-order valence-corrected chi connectivity index (χ1v) is 4.28. The van der Waals surface area contributed by atoms with E-state index >= 15 is 0 Å². The summed E-state index contributed by atoms with van der Waals surface area (Å²) >= 11 is 0. The lowest BCUT2D eigenvalue weighted by Gasteiger charge is -2.34. The van der Waals surface area contributed by atoms with Crippen molar-refractivity contribution in [1.82, 2.24) is 4.90 Å². The molecular weight excluding hydrogens is 134 g/mol. The summed E-state index contributed by atoms with van der Waals surface area (Å²) in [6.07, 6.45) is 2.32. The Morgan fingerprint density at radius 2 is 1.82 bits per heavy atom. The highest BCUT2D eigenvalue weighted by molar-refractivity contribution is 5.12. The van der Waals surface area contributed by atoms with Crippen LogP contribution in [0.3, 0.4) is 0 Å². The average molecular weight is 155 g/mol. The van der Waals surface area contributed by atoms with E-state index in [1.54, 1.807) is 0 Å². The average Bonchev–Trinajstić information content (AvgIpc) is 1.88. The van der Waals surface area contributed by atoms with E-state index < -0.39 is 0 Å². The standard InChI is InChI=1S/C10H21N/c1-7-8-9(2)10(3,4)11(5)6/h2,7-8H2,1,3-6H3. The third kappa shape index (κ3) is 2.66. The molecule has 0 rings (SSSR count). The van der Waals surface area contributed by atoms with Crippen molar-refractivity contribution in [2.45, 2.75) is 39.2 Å². The van der Waals surface area contributed by atoms with Crippen LogP contribution in [0.25, 0.3) is 0 Å². The van der Waals surface area contributed by atoms with Crippen LogP contribution in [0, 0.1) is 0 Å². The maximum Gasteiger partial charge on any atom is 0.0355 e. The Kier molecular flexibility index (Phi) is 3.81. The molecule has 0 unspecified atom stereocenters. The van der Waals surface area contributed by atoms with Crippen LogP contribution in [0.1, 0.15) is 33.6 Å². The van der Waals surface area contributed by atoms with Gasteiger partial charge in [0, 0.05) is 5.54 Å². The van der Waals surface area contributed by atoms with Gasteiger partial charge >= 0.3 is 0 Å². The van der Waals surface area contributed by atoms with Crippen molar-refractivity contribution >= 4 is 0 Å². The minimum atomic E-state index is 0.149. The van der Waals surface area contributed by atoms with Crippen LogP contribution >= 0.6 is 0 Å². The smallest absolute Gasteiger partial charge is 0.0355 e. The van der Waals surface area contributed by atoms with E-state index in [2.05, 4.69) is 46.3 Å². The first kappa shape index (κ1) is 10.7. The number of likely N-dealkylation sites (N-methyl/N-ethyl adjacent to an activating group) is 1. The summed E-state index contributed by atoms with van der Waals surface area (Å²) in [5.74, 6) is 0. The lowest BCUT2D eigenvalue weighted by atomic mass is 9.91. The van der Waals surface area contributed by atoms with Gasteiger partial charge in [-0.3, -0.25) is 0 Å². The molecule has 0 radical (unpaired) electrons. The Bertz CT molecular complexity index is 134. The fourth-order valence-corrected chi connectivity index (χ4v) is 0.924. The van der Waals surface area contributed by atoms with Crippen molar-refractivity contribution in [3.8, 4) is 0 Å². The van der Waals surface area contributed by atoms with Crippen molar-refractivity contribution in [2.24, 2.45) is 0 Å². The molecule has 0 aliphatic rings. The molecule has 0 aromatic heterocycles. The molecule has 0 spiro atoms. The van der Waals surface area contributed by atoms with Crippen molar-refractivity contribution in [3.63, 3.8) is 0 Å². The van der Waals surface area contributed by atoms with Gasteiger partial charge in [0.1, 0.15) is 0 Å². The van der Waals surface area contributed by atoms with E-state index in [0.717, 1.165) is 6.42 Å². The predicted octanol–water partition coefficient (Wildman–Crippen LogP) is 2.68. The van der Waals surface area contributed by atoms with E-state index in [1.165, 1.54) is 12.0 Å². The van der Waals surface area contributed by atoms with Gasteiger partial charge < -0.3 is 4.90 Å².